The molecule has 0 bridgehead atoms. The summed E-state index contributed by atoms with van der Waals surface area (Å²) in [5.41, 5.74) is 1.96. The fraction of sp³-hybridized carbons (Fsp3) is 1.00. The van der Waals surface area contributed by atoms with Crippen LogP contribution < -0.4 is 23.2 Å². The van der Waals surface area contributed by atoms with Gasteiger partial charge in [0.05, 0.1) is 6.61 Å². The quantitative estimate of drug-likeness (QED) is 0.246. The maximum Gasteiger partial charge on any atom is 0.129 e. The Balaban J connectivity index is 3.21. The molecule has 0 radical (unpaired) electrons. The molecule has 62 valence electrons. The molecule has 0 saturated carbocycles. The van der Waals surface area contributed by atoms with Crippen LogP contribution in [0.1, 0.15) is 0 Å². The lowest BCUT2D eigenvalue weighted by molar-refractivity contribution is -0.0851. The van der Waals surface area contributed by atoms with Gasteiger partial charge in [0, 0.05) is 0 Å². The topological polar surface area (TPSA) is 118 Å². The molecule has 0 fully saturated rings. The summed E-state index contributed by atoms with van der Waals surface area (Å²) >= 11 is 0. The monoisotopic (exact) mass is 152 g/mol. The molecule has 0 rings (SSSR count). The SMILES string of the molecule is NNOCC(CON)ON. The van der Waals surface area contributed by atoms with E-state index in [1.807, 2.05) is 5.59 Å². The van der Waals surface area contributed by atoms with E-state index in [-0.39, 0.29) is 13.2 Å². The van der Waals surface area contributed by atoms with Gasteiger partial charge in [-0.05, 0) is 0 Å². The number of hydrazine groups is 1. The third-order valence-corrected chi connectivity index (χ3v) is 0.827. The molecule has 0 amide bonds. The third-order valence-electron chi connectivity index (χ3n) is 0.827. The fourth-order valence-corrected chi connectivity index (χ4v) is 0.375. The van der Waals surface area contributed by atoms with E-state index in [0.717, 1.165) is 0 Å². The van der Waals surface area contributed by atoms with Crippen molar-refractivity contribution in [3.63, 3.8) is 0 Å². The Kier molecular flexibility index (Phi) is 6.64. The molecular weight excluding hydrogens is 140 g/mol. The van der Waals surface area contributed by atoms with E-state index in [1.165, 1.54) is 0 Å². The van der Waals surface area contributed by atoms with Gasteiger partial charge in [-0.15, -0.1) is 5.59 Å². The second kappa shape index (κ2) is 6.83. The predicted octanol–water partition coefficient (Wildman–Crippen LogP) is -2.47. The zero-order chi connectivity index (χ0) is 7.82. The highest BCUT2D eigenvalue weighted by molar-refractivity contribution is 4.50. The second-order valence-corrected chi connectivity index (χ2v) is 1.52. The van der Waals surface area contributed by atoms with Crippen molar-refractivity contribution in [2.75, 3.05) is 13.2 Å². The number of hydrogen-bond acceptors (Lipinski definition) is 7. The zero-order valence-electron chi connectivity index (χ0n) is 5.45. The fourth-order valence-electron chi connectivity index (χ4n) is 0.375. The van der Waals surface area contributed by atoms with Crippen molar-refractivity contribution in [2.24, 2.45) is 17.6 Å². The minimum absolute atomic E-state index is 0.151. The standard InChI is InChI=1S/C3H12N4O3/c4-7-9-2-3(10-6)1-8-5/h3,7H,1-2,4-6H2. The van der Waals surface area contributed by atoms with Crippen LogP contribution in [-0.4, -0.2) is 19.3 Å². The average Bonchev–Trinajstić information content (AvgIpc) is 1.98. The Labute approximate surface area is 58.2 Å². The van der Waals surface area contributed by atoms with Crippen molar-refractivity contribution in [3.8, 4) is 0 Å². The van der Waals surface area contributed by atoms with Crippen LogP contribution in [0.5, 0.6) is 0 Å². The Hall–Kier alpha value is -0.280. The summed E-state index contributed by atoms with van der Waals surface area (Å²) in [5.74, 6) is 14.3. The molecule has 0 heterocycles. The normalized spacial score (nSPS) is 13.5. The van der Waals surface area contributed by atoms with Crippen molar-refractivity contribution in [3.05, 3.63) is 0 Å². The maximum atomic E-state index is 4.82. The Morgan fingerprint density at radius 2 is 2.00 bits per heavy atom. The highest BCUT2D eigenvalue weighted by atomic mass is 16.7. The largest absolute Gasteiger partial charge is 0.302 e. The first-order chi connectivity index (χ1) is 4.85. The van der Waals surface area contributed by atoms with Crippen LogP contribution in [0.15, 0.2) is 0 Å². The molecule has 0 aliphatic heterocycles. The third kappa shape index (κ3) is 4.58. The molecule has 0 aliphatic carbocycles. The van der Waals surface area contributed by atoms with Crippen molar-refractivity contribution >= 4 is 0 Å². The van der Waals surface area contributed by atoms with Gasteiger partial charge in [0.15, 0.2) is 0 Å². The van der Waals surface area contributed by atoms with Crippen LogP contribution in [0.25, 0.3) is 0 Å². The van der Waals surface area contributed by atoms with Gasteiger partial charge in [0.2, 0.25) is 0 Å². The van der Waals surface area contributed by atoms with Crippen molar-refractivity contribution < 1.29 is 14.5 Å². The summed E-state index contributed by atoms with van der Waals surface area (Å²) in [6.07, 6.45) is -0.416. The highest BCUT2D eigenvalue weighted by Crippen LogP contribution is 1.86. The molecule has 0 aliphatic rings. The van der Waals surface area contributed by atoms with Crippen LogP contribution in [0, 0.1) is 0 Å². The zero-order valence-corrected chi connectivity index (χ0v) is 5.45. The summed E-state index contributed by atoms with van der Waals surface area (Å²) in [6, 6.07) is 0. The van der Waals surface area contributed by atoms with Gasteiger partial charge in [-0.3, -0.25) is 9.68 Å². The lowest BCUT2D eigenvalue weighted by Crippen LogP contribution is -2.34. The number of nitrogens with two attached hydrogens (primary N) is 3. The van der Waals surface area contributed by atoms with Crippen molar-refractivity contribution in [1.29, 1.82) is 0 Å². The molecule has 7 nitrogen and oxygen atoms in total. The van der Waals surface area contributed by atoms with Crippen LogP contribution in [0.3, 0.4) is 0 Å². The molecule has 1 atom stereocenters. The van der Waals surface area contributed by atoms with E-state index >= 15 is 0 Å². The predicted molar refractivity (Wildman–Crippen MR) is 32.5 cm³/mol. The number of hydrogen-bond donors (Lipinski definition) is 4. The van der Waals surface area contributed by atoms with E-state index in [2.05, 4.69) is 14.5 Å². The number of rotatable bonds is 6. The molecule has 0 aromatic carbocycles. The summed E-state index contributed by atoms with van der Waals surface area (Å²) < 4.78 is 0. The van der Waals surface area contributed by atoms with E-state index < -0.39 is 6.10 Å². The Bertz CT molecular complexity index is 72.8. The first kappa shape index (κ1) is 9.72. The first-order valence-electron chi connectivity index (χ1n) is 2.59. The minimum Gasteiger partial charge on any atom is -0.302 e. The lowest BCUT2D eigenvalue weighted by atomic mass is 10.4. The van der Waals surface area contributed by atoms with Gasteiger partial charge >= 0.3 is 0 Å². The first-order valence-corrected chi connectivity index (χ1v) is 2.59. The maximum absolute atomic E-state index is 4.82. The molecule has 1 unspecified atom stereocenters. The number of nitrogens with one attached hydrogen (secondary N) is 1. The highest BCUT2D eigenvalue weighted by Gasteiger charge is 2.06. The summed E-state index contributed by atoms with van der Waals surface area (Å²) in [6.45, 7) is 0.322. The van der Waals surface area contributed by atoms with Crippen LogP contribution in [0.2, 0.25) is 0 Å². The molecule has 0 spiro atoms. The van der Waals surface area contributed by atoms with Gasteiger partial charge in [-0.2, -0.15) is 0 Å². The van der Waals surface area contributed by atoms with E-state index in [9.17, 15) is 0 Å². The van der Waals surface area contributed by atoms with Gasteiger partial charge in [-0.1, -0.05) is 0 Å². The van der Waals surface area contributed by atoms with Crippen LogP contribution in [0.4, 0.5) is 0 Å². The average molecular weight is 152 g/mol. The van der Waals surface area contributed by atoms with E-state index in [0.29, 0.717) is 0 Å². The molecular formula is C3H12N4O3. The van der Waals surface area contributed by atoms with Gasteiger partial charge in [0.25, 0.3) is 0 Å². The Morgan fingerprint density at radius 3 is 2.40 bits per heavy atom. The summed E-state index contributed by atoms with van der Waals surface area (Å²) in [5, 5.41) is 0. The van der Waals surface area contributed by atoms with Crippen molar-refractivity contribution in [1.82, 2.24) is 5.59 Å². The van der Waals surface area contributed by atoms with Gasteiger partial charge in [-0.25, -0.2) is 17.6 Å². The second-order valence-electron chi connectivity index (χ2n) is 1.52. The van der Waals surface area contributed by atoms with Gasteiger partial charge in [0.1, 0.15) is 12.7 Å². The molecule has 0 aromatic rings. The van der Waals surface area contributed by atoms with Gasteiger partial charge < -0.3 is 4.84 Å². The van der Waals surface area contributed by atoms with E-state index in [4.69, 9.17) is 17.6 Å². The molecule has 7 N–H and O–H groups in total. The molecule has 0 aromatic heterocycles. The molecule has 0 saturated heterocycles. The lowest BCUT2D eigenvalue weighted by Gasteiger charge is -2.11. The summed E-state index contributed by atoms with van der Waals surface area (Å²) in [7, 11) is 0. The molecule has 10 heavy (non-hydrogen) atoms. The molecule has 7 heteroatoms. The minimum atomic E-state index is -0.416. The van der Waals surface area contributed by atoms with Crippen LogP contribution >= 0.6 is 0 Å². The smallest absolute Gasteiger partial charge is 0.129 e. The summed E-state index contributed by atoms with van der Waals surface area (Å²) in [4.78, 5) is 13.1. The van der Waals surface area contributed by atoms with Crippen LogP contribution in [-0.2, 0) is 14.5 Å². The van der Waals surface area contributed by atoms with Crippen molar-refractivity contribution in [2.45, 2.75) is 6.10 Å². The van der Waals surface area contributed by atoms with E-state index in [1.54, 1.807) is 0 Å². The Morgan fingerprint density at radius 1 is 1.30 bits per heavy atom.